The van der Waals surface area contributed by atoms with Crippen LogP contribution in [0.4, 0.5) is 11.8 Å². The van der Waals surface area contributed by atoms with Crippen LogP contribution in [-0.2, 0) is 13.0 Å². The maximum absolute atomic E-state index is 4.70. The summed E-state index contributed by atoms with van der Waals surface area (Å²) in [5.41, 5.74) is 2.80. The minimum Gasteiger partial charge on any atom is -0.358 e. The second-order valence-electron chi connectivity index (χ2n) is 5.83. The van der Waals surface area contributed by atoms with Crippen LogP contribution in [0.25, 0.3) is 0 Å². The van der Waals surface area contributed by atoms with Crippen LogP contribution < -0.4 is 9.80 Å². The van der Waals surface area contributed by atoms with Crippen LogP contribution in [0.3, 0.4) is 0 Å². The third-order valence-electron chi connectivity index (χ3n) is 4.19. The van der Waals surface area contributed by atoms with Gasteiger partial charge in [0.05, 0.1) is 6.20 Å². The van der Waals surface area contributed by atoms with Crippen LogP contribution in [0.2, 0.25) is 0 Å². The molecule has 0 atom stereocenters. The molecular formula is C17H23N5. The highest BCUT2D eigenvalue weighted by atomic mass is 15.3. The van der Waals surface area contributed by atoms with Crippen LogP contribution in [0, 0.1) is 0 Å². The number of benzene rings is 1. The molecule has 0 bridgehead atoms. The maximum atomic E-state index is 4.70. The molecule has 0 spiro atoms. The Labute approximate surface area is 132 Å². The van der Waals surface area contributed by atoms with E-state index in [9.17, 15) is 0 Å². The van der Waals surface area contributed by atoms with Crippen molar-refractivity contribution >= 4 is 11.8 Å². The maximum Gasteiger partial charge on any atom is 0.247 e. The van der Waals surface area contributed by atoms with E-state index in [1.807, 2.05) is 0 Å². The van der Waals surface area contributed by atoms with Crippen molar-refractivity contribution in [2.75, 3.05) is 29.9 Å². The first kappa shape index (κ1) is 14.8. The first-order chi connectivity index (χ1) is 10.8. The van der Waals surface area contributed by atoms with Crippen molar-refractivity contribution < 1.29 is 0 Å². The summed E-state index contributed by atoms with van der Waals surface area (Å²) in [4.78, 5) is 9.07. The van der Waals surface area contributed by atoms with Gasteiger partial charge in [-0.25, -0.2) is 0 Å². The Balaban J connectivity index is 1.76. The predicted octanol–water partition coefficient (Wildman–Crippen LogP) is 2.67. The van der Waals surface area contributed by atoms with Crippen LogP contribution >= 0.6 is 0 Å². The summed E-state index contributed by atoms with van der Waals surface area (Å²) in [5.74, 6) is 1.63. The normalized spacial score (nSPS) is 13.8. The number of anilines is 2. The number of fused-ring (bicyclic) bond motifs is 1. The van der Waals surface area contributed by atoms with E-state index in [0.29, 0.717) is 0 Å². The van der Waals surface area contributed by atoms with Crippen molar-refractivity contribution in [3.05, 3.63) is 41.6 Å². The second kappa shape index (κ2) is 6.73. The average Bonchev–Trinajstić information content (AvgIpc) is 2.59. The third-order valence-corrected chi connectivity index (χ3v) is 4.19. The number of rotatable bonds is 5. The predicted molar refractivity (Wildman–Crippen MR) is 89.2 cm³/mol. The van der Waals surface area contributed by atoms with Gasteiger partial charge in [0.2, 0.25) is 5.95 Å². The summed E-state index contributed by atoms with van der Waals surface area (Å²) in [6.45, 7) is 5.00. The number of aromatic nitrogens is 3. The molecule has 22 heavy (non-hydrogen) atoms. The van der Waals surface area contributed by atoms with Crippen molar-refractivity contribution in [1.82, 2.24) is 15.2 Å². The average molecular weight is 297 g/mol. The lowest BCUT2D eigenvalue weighted by Gasteiger charge is -2.29. The van der Waals surface area contributed by atoms with Crippen LogP contribution in [-0.4, -0.2) is 35.3 Å². The van der Waals surface area contributed by atoms with Gasteiger partial charge in [0, 0.05) is 26.7 Å². The minimum atomic E-state index is 0.732. The lowest BCUT2D eigenvalue weighted by Crippen LogP contribution is -2.32. The number of unbranched alkanes of at least 4 members (excludes halogenated alkanes) is 1. The van der Waals surface area contributed by atoms with Crippen molar-refractivity contribution in [3.63, 3.8) is 0 Å². The van der Waals surface area contributed by atoms with Gasteiger partial charge >= 0.3 is 0 Å². The molecule has 5 nitrogen and oxygen atoms in total. The molecular weight excluding hydrogens is 274 g/mol. The zero-order valence-corrected chi connectivity index (χ0v) is 13.4. The van der Waals surface area contributed by atoms with E-state index in [-0.39, 0.29) is 0 Å². The lowest BCUT2D eigenvalue weighted by atomic mass is 10.0. The van der Waals surface area contributed by atoms with E-state index in [0.717, 1.165) is 44.2 Å². The molecule has 0 fully saturated rings. The second-order valence-corrected chi connectivity index (χ2v) is 5.83. The molecule has 0 radical (unpaired) electrons. The van der Waals surface area contributed by atoms with Crippen LogP contribution in [0.5, 0.6) is 0 Å². The van der Waals surface area contributed by atoms with E-state index >= 15 is 0 Å². The molecule has 2 heterocycles. The van der Waals surface area contributed by atoms with Gasteiger partial charge in [-0.3, -0.25) is 0 Å². The monoisotopic (exact) mass is 297 g/mol. The van der Waals surface area contributed by atoms with Gasteiger partial charge in [-0.2, -0.15) is 10.1 Å². The van der Waals surface area contributed by atoms with Crippen LogP contribution in [0.15, 0.2) is 30.5 Å². The highest BCUT2D eigenvalue weighted by Gasteiger charge is 2.19. The van der Waals surface area contributed by atoms with E-state index in [1.54, 1.807) is 6.20 Å². The first-order valence-electron chi connectivity index (χ1n) is 8.00. The zero-order valence-electron chi connectivity index (χ0n) is 13.4. The molecule has 1 aromatic carbocycles. The fourth-order valence-corrected chi connectivity index (χ4v) is 2.78. The molecule has 116 valence electrons. The smallest absolute Gasteiger partial charge is 0.247 e. The first-order valence-corrected chi connectivity index (χ1v) is 8.00. The Morgan fingerprint density at radius 1 is 1.23 bits per heavy atom. The lowest BCUT2D eigenvalue weighted by molar-refractivity contribution is 0.691. The molecule has 0 aliphatic carbocycles. The van der Waals surface area contributed by atoms with Gasteiger partial charge in [0.25, 0.3) is 0 Å². The molecule has 3 rings (SSSR count). The summed E-state index contributed by atoms with van der Waals surface area (Å²) >= 11 is 0. The van der Waals surface area contributed by atoms with Gasteiger partial charge in [-0.15, -0.1) is 5.10 Å². The zero-order chi connectivity index (χ0) is 15.4. The molecule has 1 aliphatic heterocycles. The molecule has 1 aromatic heterocycles. The van der Waals surface area contributed by atoms with Gasteiger partial charge in [0.15, 0.2) is 5.82 Å². The SMILES string of the molecule is CCCCN(C)c1cnnc(N2CCc3ccccc3C2)n1. The highest BCUT2D eigenvalue weighted by Crippen LogP contribution is 2.22. The topological polar surface area (TPSA) is 45.2 Å². The van der Waals surface area contributed by atoms with Crippen molar-refractivity contribution in [2.24, 2.45) is 0 Å². The summed E-state index contributed by atoms with van der Waals surface area (Å²) in [6, 6.07) is 8.60. The highest BCUT2D eigenvalue weighted by molar-refractivity contribution is 5.44. The quantitative estimate of drug-likeness (QED) is 0.849. The molecule has 0 saturated heterocycles. The van der Waals surface area contributed by atoms with E-state index in [2.05, 4.69) is 58.2 Å². The minimum absolute atomic E-state index is 0.732. The van der Waals surface area contributed by atoms with E-state index < -0.39 is 0 Å². The number of hydrogen-bond acceptors (Lipinski definition) is 5. The third kappa shape index (κ3) is 3.18. The Morgan fingerprint density at radius 3 is 2.86 bits per heavy atom. The largest absolute Gasteiger partial charge is 0.358 e. The molecule has 0 unspecified atom stereocenters. The van der Waals surface area contributed by atoms with Gasteiger partial charge < -0.3 is 9.80 Å². The van der Waals surface area contributed by atoms with Crippen molar-refractivity contribution in [3.8, 4) is 0 Å². The van der Waals surface area contributed by atoms with E-state index in [4.69, 9.17) is 4.98 Å². The van der Waals surface area contributed by atoms with Gasteiger partial charge in [-0.05, 0) is 24.0 Å². The Kier molecular flexibility index (Phi) is 4.51. The summed E-state index contributed by atoms with van der Waals surface area (Å²) < 4.78 is 0. The molecule has 1 aliphatic rings. The van der Waals surface area contributed by atoms with Crippen molar-refractivity contribution in [1.29, 1.82) is 0 Å². The van der Waals surface area contributed by atoms with Gasteiger partial charge in [-0.1, -0.05) is 37.6 Å². The standard InChI is InChI=1S/C17H23N5/c1-3-4-10-21(2)16-12-18-20-17(19-16)22-11-9-14-7-5-6-8-15(14)13-22/h5-8,12H,3-4,9-11,13H2,1-2H3. The fraction of sp³-hybridized carbons (Fsp3) is 0.471. The van der Waals surface area contributed by atoms with Gasteiger partial charge in [0.1, 0.15) is 0 Å². The molecule has 0 amide bonds. The molecule has 0 N–H and O–H groups in total. The molecule has 2 aromatic rings. The van der Waals surface area contributed by atoms with Crippen LogP contribution in [0.1, 0.15) is 30.9 Å². The Hall–Kier alpha value is -2.17. The summed E-state index contributed by atoms with van der Waals surface area (Å²) in [7, 11) is 2.06. The fourth-order valence-electron chi connectivity index (χ4n) is 2.78. The van der Waals surface area contributed by atoms with E-state index in [1.165, 1.54) is 17.5 Å². The Bertz CT molecular complexity index is 628. The Morgan fingerprint density at radius 2 is 2.05 bits per heavy atom. The summed E-state index contributed by atoms with van der Waals surface area (Å²) in [5, 5.41) is 8.39. The molecule has 0 saturated carbocycles. The van der Waals surface area contributed by atoms with Crippen molar-refractivity contribution in [2.45, 2.75) is 32.7 Å². The number of hydrogen-bond donors (Lipinski definition) is 0. The molecule has 5 heteroatoms. The number of nitrogens with zero attached hydrogens (tertiary/aromatic N) is 5. The summed E-state index contributed by atoms with van der Waals surface area (Å²) in [6.07, 6.45) is 5.12.